The van der Waals surface area contributed by atoms with Crippen molar-refractivity contribution in [1.29, 1.82) is 0 Å². The summed E-state index contributed by atoms with van der Waals surface area (Å²) in [7, 11) is 0. The zero-order valence-corrected chi connectivity index (χ0v) is 11.5. The number of carbonyl (C=O) groups excluding carboxylic acids is 1. The molecule has 17 heavy (non-hydrogen) atoms. The summed E-state index contributed by atoms with van der Waals surface area (Å²) in [5.74, 6) is -0.322. The topological polar surface area (TPSA) is 29.1 Å². The minimum atomic E-state index is -0.302. The molecule has 0 fully saturated rings. The van der Waals surface area contributed by atoms with Gasteiger partial charge >= 0.3 is 0 Å². The van der Waals surface area contributed by atoms with Gasteiger partial charge in [-0.2, -0.15) is 0 Å². The Hall–Kier alpha value is -0.900. The monoisotopic (exact) mass is 301 g/mol. The van der Waals surface area contributed by atoms with Crippen LogP contribution in [0.1, 0.15) is 31.7 Å². The first-order chi connectivity index (χ1) is 8.13. The summed E-state index contributed by atoms with van der Waals surface area (Å²) in [4.78, 5) is 11.6. The molecule has 1 amide bonds. The molecule has 1 aromatic carbocycles. The summed E-state index contributed by atoms with van der Waals surface area (Å²) in [5, 5.41) is 2.85. The van der Waals surface area contributed by atoms with Crippen LogP contribution in [0.5, 0.6) is 0 Å². The first-order valence-electron chi connectivity index (χ1n) is 5.84. The molecule has 0 saturated heterocycles. The van der Waals surface area contributed by atoms with Crippen molar-refractivity contribution in [3.63, 3.8) is 0 Å². The summed E-state index contributed by atoms with van der Waals surface area (Å²) in [6.45, 7) is 2.84. The molecule has 4 heteroatoms. The molecule has 0 radical (unpaired) electrons. The van der Waals surface area contributed by atoms with Crippen molar-refractivity contribution in [1.82, 2.24) is 5.32 Å². The molecule has 0 aromatic heterocycles. The van der Waals surface area contributed by atoms with E-state index in [4.69, 9.17) is 0 Å². The van der Waals surface area contributed by atoms with Crippen molar-refractivity contribution in [2.24, 2.45) is 0 Å². The van der Waals surface area contributed by atoms with Gasteiger partial charge in [0.1, 0.15) is 5.82 Å². The second kappa shape index (κ2) is 7.43. The van der Waals surface area contributed by atoms with E-state index >= 15 is 0 Å². The highest BCUT2D eigenvalue weighted by atomic mass is 79.9. The van der Waals surface area contributed by atoms with E-state index < -0.39 is 0 Å². The van der Waals surface area contributed by atoms with Gasteiger partial charge in [-0.1, -0.05) is 41.8 Å². The maximum atomic E-state index is 12.8. The highest BCUT2D eigenvalue weighted by Crippen LogP contribution is 2.18. The maximum Gasteiger partial charge on any atom is 0.224 e. The Labute approximate surface area is 110 Å². The molecule has 0 spiro atoms. The second-order valence-electron chi connectivity index (χ2n) is 3.97. The minimum absolute atomic E-state index is 0.0200. The van der Waals surface area contributed by atoms with Gasteiger partial charge in [-0.15, -0.1) is 0 Å². The van der Waals surface area contributed by atoms with Crippen LogP contribution < -0.4 is 5.32 Å². The minimum Gasteiger partial charge on any atom is -0.356 e. The third kappa shape index (κ3) is 5.31. The van der Waals surface area contributed by atoms with Gasteiger partial charge in [-0.25, -0.2) is 4.39 Å². The highest BCUT2D eigenvalue weighted by molar-refractivity contribution is 9.10. The lowest BCUT2D eigenvalue weighted by Gasteiger charge is -2.06. The molecule has 0 unspecified atom stereocenters. The van der Waals surface area contributed by atoms with Gasteiger partial charge in [0, 0.05) is 11.0 Å². The predicted molar refractivity (Wildman–Crippen MR) is 70.3 cm³/mol. The van der Waals surface area contributed by atoms with Crippen LogP contribution in [0.3, 0.4) is 0 Å². The summed E-state index contributed by atoms with van der Waals surface area (Å²) < 4.78 is 13.5. The lowest BCUT2D eigenvalue weighted by molar-refractivity contribution is -0.120. The van der Waals surface area contributed by atoms with Gasteiger partial charge < -0.3 is 5.32 Å². The van der Waals surface area contributed by atoms with E-state index in [1.54, 1.807) is 6.07 Å². The van der Waals surface area contributed by atoms with Crippen LogP contribution in [0.25, 0.3) is 0 Å². The summed E-state index contributed by atoms with van der Waals surface area (Å²) in [5.41, 5.74) is 0.805. The highest BCUT2D eigenvalue weighted by Gasteiger charge is 2.06. The molecule has 0 bridgehead atoms. The Bertz CT molecular complexity index is 382. The molecule has 1 rings (SSSR count). The number of amides is 1. The van der Waals surface area contributed by atoms with Crippen LogP contribution in [-0.2, 0) is 11.2 Å². The standard InChI is InChI=1S/C13H17BrFNO/c1-2-3-4-7-16-13(17)8-10-5-6-11(15)9-12(10)14/h5-6,9H,2-4,7-8H2,1H3,(H,16,17). The number of benzene rings is 1. The molecule has 2 nitrogen and oxygen atoms in total. The first kappa shape index (κ1) is 14.2. The fourth-order valence-corrected chi connectivity index (χ4v) is 1.99. The van der Waals surface area contributed by atoms with Gasteiger partial charge in [-0.05, 0) is 24.1 Å². The quantitative estimate of drug-likeness (QED) is 0.801. The molecule has 0 heterocycles. The maximum absolute atomic E-state index is 12.8. The van der Waals surface area contributed by atoms with Crippen molar-refractivity contribution in [3.8, 4) is 0 Å². The molecule has 0 aliphatic carbocycles. The van der Waals surface area contributed by atoms with Crippen LogP contribution in [0, 0.1) is 5.82 Å². The molecule has 1 N–H and O–H groups in total. The number of halogens is 2. The number of rotatable bonds is 6. The lowest BCUT2D eigenvalue weighted by Crippen LogP contribution is -2.26. The Kier molecular flexibility index (Phi) is 6.19. The van der Waals surface area contributed by atoms with Crippen molar-refractivity contribution >= 4 is 21.8 Å². The van der Waals surface area contributed by atoms with Crippen molar-refractivity contribution in [3.05, 3.63) is 34.1 Å². The number of carbonyl (C=O) groups is 1. The van der Waals surface area contributed by atoms with E-state index in [1.807, 2.05) is 0 Å². The molecular weight excluding hydrogens is 285 g/mol. The van der Waals surface area contributed by atoms with Crippen molar-refractivity contribution < 1.29 is 9.18 Å². The van der Waals surface area contributed by atoms with E-state index in [9.17, 15) is 9.18 Å². The van der Waals surface area contributed by atoms with E-state index in [1.165, 1.54) is 12.1 Å². The smallest absolute Gasteiger partial charge is 0.224 e. The zero-order valence-electron chi connectivity index (χ0n) is 9.93. The Balaban J connectivity index is 2.40. The summed E-state index contributed by atoms with van der Waals surface area (Å²) in [6.07, 6.45) is 3.56. The third-order valence-corrected chi connectivity index (χ3v) is 3.21. The average molecular weight is 302 g/mol. The van der Waals surface area contributed by atoms with Crippen LogP contribution >= 0.6 is 15.9 Å². The van der Waals surface area contributed by atoms with Crippen molar-refractivity contribution in [2.75, 3.05) is 6.54 Å². The SMILES string of the molecule is CCCCCNC(=O)Cc1ccc(F)cc1Br. The summed E-state index contributed by atoms with van der Waals surface area (Å²) >= 11 is 3.25. The van der Waals surface area contributed by atoms with Crippen LogP contribution in [0.15, 0.2) is 22.7 Å². The van der Waals surface area contributed by atoms with Gasteiger partial charge in [0.2, 0.25) is 5.91 Å². The number of hydrogen-bond donors (Lipinski definition) is 1. The molecular formula is C13H17BrFNO. The summed E-state index contributed by atoms with van der Waals surface area (Å²) in [6, 6.07) is 4.37. The normalized spacial score (nSPS) is 10.3. The predicted octanol–water partition coefficient (Wildman–Crippen LogP) is 3.44. The molecule has 0 atom stereocenters. The second-order valence-corrected chi connectivity index (χ2v) is 4.82. The lowest BCUT2D eigenvalue weighted by atomic mass is 10.1. The Morgan fingerprint density at radius 2 is 2.18 bits per heavy atom. The fraction of sp³-hybridized carbons (Fsp3) is 0.462. The third-order valence-electron chi connectivity index (χ3n) is 2.47. The number of hydrogen-bond acceptors (Lipinski definition) is 1. The van der Waals surface area contributed by atoms with Gasteiger partial charge in [0.25, 0.3) is 0 Å². The van der Waals surface area contributed by atoms with E-state index in [0.29, 0.717) is 11.0 Å². The largest absolute Gasteiger partial charge is 0.356 e. The van der Waals surface area contributed by atoms with Crippen LogP contribution in [0.2, 0.25) is 0 Å². The molecule has 0 aliphatic heterocycles. The number of unbranched alkanes of at least 4 members (excludes halogenated alkanes) is 2. The van der Waals surface area contributed by atoms with Gasteiger partial charge in [0.05, 0.1) is 6.42 Å². The van der Waals surface area contributed by atoms with Crippen LogP contribution in [-0.4, -0.2) is 12.5 Å². The first-order valence-corrected chi connectivity index (χ1v) is 6.63. The molecule has 0 saturated carbocycles. The number of nitrogens with one attached hydrogen (secondary N) is 1. The fourth-order valence-electron chi connectivity index (χ4n) is 1.50. The Morgan fingerprint density at radius 3 is 2.82 bits per heavy atom. The average Bonchev–Trinajstić information content (AvgIpc) is 2.28. The van der Waals surface area contributed by atoms with E-state index in [2.05, 4.69) is 28.2 Å². The van der Waals surface area contributed by atoms with Crippen LogP contribution in [0.4, 0.5) is 4.39 Å². The van der Waals surface area contributed by atoms with E-state index in [-0.39, 0.29) is 18.1 Å². The van der Waals surface area contributed by atoms with Gasteiger partial charge in [0.15, 0.2) is 0 Å². The zero-order chi connectivity index (χ0) is 12.7. The van der Waals surface area contributed by atoms with E-state index in [0.717, 1.165) is 24.8 Å². The van der Waals surface area contributed by atoms with Gasteiger partial charge in [-0.3, -0.25) is 4.79 Å². The van der Waals surface area contributed by atoms with Crippen molar-refractivity contribution in [2.45, 2.75) is 32.6 Å². The molecule has 94 valence electrons. The molecule has 1 aromatic rings. The Morgan fingerprint density at radius 1 is 1.41 bits per heavy atom. The molecule has 0 aliphatic rings.